The van der Waals surface area contributed by atoms with Gasteiger partial charge in [0.05, 0.1) is 12.3 Å². The molecule has 0 saturated carbocycles. The largest absolute Gasteiger partial charge is 0.506 e. The Morgan fingerprint density at radius 1 is 1.50 bits per heavy atom. The van der Waals surface area contributed by atoms with Crippen molar-refractivity contribution in [3.8, 4) is 5.75 Å². The van der Waals surface area contributed by atoms with Crippen LogP contribution in [0.4, 0.5) is 16.2 Å². The SMILES string of the molecule is CC(C)N(C(N)=O)c1ccc(NCCO)cc1O. The molecule has 1 rings (SSSR count). The van der Waals surface area contributed by atoms with E-state index in [0.29, 0.717) is 17.9 Å². The van der Waals surface area contributed by atoms with Gasteiger partial charge in [-0.05, 0) is 26.0 Å². The zero-order valence-corrected chi connectivity index (χ0v) is 10.6. The number of benzene rings is 1. The fraction of sp³-hybridized carbons (Fsp3) is 0.417. The first kappa shape index (κ1) is 14.1. The van der Waals surface area contributed by atoms with Gasteiger partial charge in [0.25, 0.3) is 0 Å². The number of aliphatic hydroxyl groups is 1. The van der Waals surface area contributed by atoms with Gasteiger partial charge in [-0.1, -0.05) is 0 Å². The van der Waals surface area contributed by atoms with Crippen molar-refractivity contribution >= 4 is 17.4 Å². The maximum Gasteiger partial charge on any atom is 0.319 e. The zero-order chi connectivity index (χ0) is 13.7. The summed E-state index contributed by atoms with van der Waals surface area (Å²) in [6, 6.07) is 4.05. The smallest absolute Gasteiger partial charge is 0.319 e. The second-order valence-corrected chi connectivity index (χ2v) is 4.16. The van der Waals surface area contributed by atoms with Crippen molar-refractivity contribution in [3.05, 3.63) is 18.2 Å². The molecule has 2 amide bonds. The Hall–Kier alpha value is -1.95. The van der Waals surface area contributed by atoms with Crippen LogP contribution in [0.2, 0.25) is 0 Å². The molecule has 0 atom stereocenters. The molecule has 0 aliphatic heterocycles. The third kappa shape index (κ3) is 3.27. The number of aliphatic hydroxyl groups excluding tert-OH is 1. The molecule has 0 fully saturated rings. The summed E-state index contributed by atoms with van der Waals surface area (Å²) in [6.07, 6.45) is 0. The molecular formula is C12H19N3O3. The van der Waals surface area contributed by atoms with E-state index < -0.39 is 6.03 Å². The fourth-order valence-corrected chi connectivity index (χ4v) is 1.69. The Morgan fingerprint density at radius 2 is 2.17 bits per heavy atom. The minimum absolute atomic E-state index is 0.00190. The number of primary amides is 1. The highest BCUT2D eigenvalue weighted by Gasteiger charge is 2.19. The summed E-state index contributed by atoms with van der Waals surface area (Å²) in [7, 11) is 0. The number of anilines is 2. The molecule has 0 saturated heterocycles. The molecule has 18 heavy (non-hydrogen) atoms. The normalized spacial score (nSPS) is 10.4. The standard InChI is InChI=1S/C12H19N3O3/c1-8(2)15(12(13)18)10-4-3-9(7-11(10)17)14-5-6-16/h3-4,7-8,14,16-17H,5-6H2,1-2H3,(H2,13,18). The van der Waals surface area contributed by atoms with Crippen LogP contribution in [0.15, 0.2) is 18.2 Å². The van der Waals surface area contributed by atoms with Crippen LogP contribution in [0, 0.1) is 0 Å². The van der Waals surface area contributed by atoms with Gasteiger partial charge in [-0.2, -0.15) is 0 Å². The van der Waals surface area contributed by atoms with Gasteiger partial charge < -0.3 is 21.3 Å². The highest BCUT2D eigenvalue weighted by molar-refractivity contribution is 5.93. The number of amides is 2. The number of aromatic hydroxyl groups is 1. The number of nitrogens with two attached hydrogens (primary N) is 1. The lowest BCUT2D eigenvalue weighted by Gasteiger charge is -2.25. The third-order valence-corrected chi connectivity index (χ3v) is 2.43. The predicted molar refractivity (Wildman–Crippen MR) is 70.9 cm³/mol. The number of carbonyl (C=O) groups is 1. The van der Waals surface area contributed by atoms with Crippen LogP contribution >= 0.6 is 0 Å². The third-order valence-electron chi connectivity index (χ3n) is 2.43. The van der Waals surface area contributed by atoms with Crippen molar-refractivity contribution in [2.24, 2.45) is 5.73 Å². The molecular weight excluding hydrogens is 234 g/mol. The van der Waals surface area contributed by atoms with Gasteiger partial charge in [-0.25, -0.2) is 4.79 Å². The first-order valence-electron chi connectivity index (χ1n) is 5.73. The quantitative estimate of drug-likeness (QED) is 0.631. The second-order valence-electron chi connectivity index (χ2n) is 4.16. The van der Waals surface area contributed by atoms with Gasteiger partial charge >= 0.3 is 6.03 Å². The lowest BCUT2D eigenvalue weighted by Crippen LogP contribution is -2.40. The molecule has 0 unspecified atom stereocenters. The van der Waals surface area contributed by atoms with Crippen molar-refractivity contribution in [1.82, 2.24) is 0 Å². The molecule has 0 bridgehead atoms. The summed E-state index contributed by atoms with van der Waals surface area (Å²) >= 11 is 0. The molecule has 0 aromatic heterocycles. The topological polar surface area (TPSA) is 98.8 Å². The Bertz CT molecular complexity index is 421. The lowest BCUT2D eigenvalue weighted by atomic mass is 10.2. The summed E-state index contributed by atoms with van der Waals surface area (Å²) in [4.78, 5) is 12.6. The number of phenolic OH excluding ortho intramolecular Hbond substituents is 1. The summed E-state index contributed by atoms with van der Waals surface area (Å²) in [5.74, 6) is -0.0366. The number of urea groups is 1. The summed E-state index contributed by atoms with van der Waals surface area (Å²) in [6.45, 7) is 4.01. The molecule has 6 nitrogen and oxygen atoms in total. The number of nitrogens with zero attached hydrogens (tertiary/aromatic N) is 1. The summed E-state index contributed by atoms with van der Waals surface area (Å²) < 4.78 is 0. The zero-order valence-electron chi connectivity index (χ0n) is 10.6. The number of nitrogens with one attached hydrogen (secondary N) is 1. The Morgan fingerprint density at radius 3 is 2.61 bits per heavy atom. The Labute approximate surface area is 106 Å². The molecule has 0 heterocycles. The molecule has 5 N–H and O–H groups in total. The average molecular weight is 253 g/mol. The van der Waals surface area contributed by atoms with Gasteiger partial charge in [0.1, 0.15) is 5.75 Å². The van der Waals surface area contributed by atoms with E-state index in [-0.39, 0.29) is 18.4 Å². The highest BCUT2D eigenvalue weighted by Crippen LogP contribution is 2.31. The van der Waals surface area contributed by atoms with Crippen LogP contribution in [0.5, 0.6) is 5.75 Å². The first-order valence-corrected chi connectivity index (χ1v) is 5.73. The lowest BCUT2D eigenvalue weighted by molar-refractivity contribution is 0.252. The van der Waals surface area contributed by atoms with Crippen LogP contribution in [0.1, 0.15) is 13.8 Å². The summed E-state index contributed by atoms with van der Waals surface area (Å²) in [5, 5.41) is 21.5. The van der Waals surface area contributed by atoms with Crippen molar-refractivity contribution < 1.29 is 15.0 Å². The van der Waals surface area contributed by atoms with E-state index in [1.807, 2.05) is 13.8 Å². The van der Waals surface area contributed by atoms with E-state index in [2.05, 4.69) is 5.32 Å². The molecule has 0 aliphatic carbocycles. The van der Waals surface area contributed by atoms with Gasteiger partial charge in [-0.3, -0.25) is 4.90 Å². The number of hydrogen-bond donors (Lipinski definition) is 4. The van der Waals surface area contributed by atoms with Crippen molar-refractivity contribution in [1.29, 1.82) is 0 Å². The Kier molecular flexibility index (Phi) is 4.79. The number of phenols is 1. The van der Waals surface area contributed by atoms with Gasteiger partial charge in [-0.15, -0.1) is 0 Å². The highest BCUT2D eigenvalue weighted by atomic mass is 16.3. The van der Waals surface area contributed by atoms with Crippen molar-refractivity contribution in [2.45, 2.75) is 19.9 Å². The van der Waals surface area contributed by atoms with Gasteiger partial charge in [0.15, 0.2) is 0 Å². The van der Waals surface area contributed by atoms with E-state index in [1.165, 1.54) is 11.0 Å². The molecule has 0 radical (unpaired) electrons. The first-order chi connectivity index (χ1) is 8.47. The van der Waals surface area contributed by atoms with E-state index in [1.54, 1.807) is 12.1 Å². The van der Waals surface area contributed by atoms with Crippen LogP contribution in [0.3, 0.4) is 0 Å². The van der Waals surface area contributed by atoms with Crippen molar-refractivity contribution in [2.75, 3.05) is 23.4 Å². The van der Waals surface area contributed by atoms with E-state index in [0.717, 1.165) is 0 Å². The monoisotopic (exact) mass is 253 g/mol. The molecule has 1 aromatic rings. The minimum atomic E-state index is -0.614. The molecule has 100 valence electrons. The average Bonchev–Trinajstić information content (AvgIpc) is 2.28. The van der Waals surface area contributed by atoms with Gasteiger partial charge in [0, 0.05) is 24.3 Å². The van der Waals surface area contributed by atoms with Gasteiger partial charge in [0.2, 0.25) is 0 Å². The van der Waals surface area contributed by atoms with Crippen LogP contribution in [0.25, 0.3) is 0 Å². The van der Waals surface area contributed by atoms with Crippen LogP contribution in [-0.2, 0) is 0 Å². The second kappa shape index (κ2) is 6.11. The molecule has 0 aliphatic rings. The molecule has 0 spiro atoms. The number of carbonyl (C=O) groups excluding carboxylic acids is 1. The Balaban J connectivity index is 2.99. The van der Waals surface area contributed by atoms with E-state index in [9.17, 15) is 9.90 Å². The van der Waals surface area contributed by atoms with Crippen LogP contribution in [-0.4, -0.2) is 35.4 Å². The maximum atomic E-state index is 11.3. The van der Waals surface area contributed by atoms with Crippen LogP contribution < -0.4 is 16.0 Å². The summed E-state index contributed by atoms with van der Waals surface area (Å²) in [5.41, 5.74) is 6.32. The number of rotatable bonds is 5. The van der Waals surface area contributed by atoms with Crippen molar-refractivity contribution in [3.63, 3.8) is 0 Å². The van der Waals surface area contributed by atoms with E-state index >= 15 is 0 Å². The maximum absolute atomic E-state index is 11.3. The number of hydrogen-bond acceptors (Lipinski definition) is 4. The molecule has 1 aromatic carbocycles. The molecule has 6 heteroatoms. The predicted octanol–water partition coefficient (Wildman–Crippen LogP) is 1.09. The van der Waals surface area contributed by atoms with E-state index in [4.69, 9.17) is 10.8 Å². The minimum Gasteiger partial charge on any atom is -0.506 e. The fourth-order valence-electron chi connectivity index (χ4n) is 1.69.